The standard InChI is InChI=1S/C16H23F3N2O2/c17-16(18,19)14(23)21-2-1-20-13(22)9-15-6-10-3-11(7-15)5-12(4-10)8-15/h10-12H,1-9H2,(H,20,22)(H,21,23). The molecule has 0 heterocycles. The van der Waals surface area contributed by atoms with Crippen LogP contribution < -0.4 is 10.6 Å². The second-order valence-corrected chi connectivity index (χ2v) is 7.70. The van der Waals surface area contributed by atoms with Crippen LogP contribution in [0.5, 0.6) is 0 Å². The van der Waals surface area contributed by atoms with Crippen molar-refractivity contribution in [3.63, 3.8) is 0 Å². The molecule has 4 aliphatic rings. The maximum atomic E-state index is 12.1. The van der Waals surface area contributed by atoms with Gasteiger partial charge in [-0.05, 0) is 61.7 Å². The smallest absolute Gasteiger partial charge is 0.354 e. The average Bonchev–Trinajstić information content (AvgIpc) is 2.40. The average molecular weight is 332 g/mol. The lowest BCUT2D eigenvalue weighted by molar-refractivity contribution is -0.173. The van der Waals surface area contributed by atoms with Crippen LogP contribution in [0.25, 0.3) is 0 Å². The molecule has 0 aromatic carbocycles. The molecule has 0 saturated heterocycles. The summed E-state index contributed by atoms with van der Waals surface area (Å²) in [4.78, 5) is 22.8. The molecular formula is C16H23F3N2O2. The number of hydrogen-bond donors (Lipinski definition) is 2. The molecule has 0 atom stereocenters. The van der Waals surface area contributed by atoms with Crippen LogP contribution in [0, 0.1) is 23.2 Å². The zero-order chi connectivity index (χ0) is 16.7. The van der Waals surface area contributed by atoms with Gasteiger partial charge in [-0.15, -0.1) is 0 Å². The van der Waals surface area contributed by atoms with Crippen molar-refractivity contribution in [2.45, 2.75) is 51.1 Å². The zero-order valence-corrected chi connectivity index (χ0v) is 13.0. The van der Waals surface area contributed by atoms with E-state index in [2.05, 4.69) is 5.32 Å². The lowest BCUT2D eigenvalue weighted by atomic mass is 9.49. The fourth-order valence-electron chi connectivity index (χ4n) is 5.39. The molecule has 0 radical (unpaired) electrons. The molecule has 4 rings (SSSR count). The molecule has 2 amide bonds. The van der Waals surface area contributed by atoms with Gasteiger partial charge in [0.25, 0.3) is 0 Å². The summed E-state index contributed by atoms with van der Waals surface area (Å²) in [5, 5.41) is 4.40. The highest BCUT2D eigenvalue weighted by atomic mass is 19.4. The van der Waals surface area contributed by atoms with Gasteiger partial charge in [0.15, 0.2) is 0 Å². The fraction of sp³-hybridized carbons (Fsp3) is 0.875. The minimum atomic E-state index is -4.87. The van der Waals surface area contributed by atoms with E-state index in [1.54, 1.807) is 5.32 Å². The number of halogens is 3. The molecule has 4 aliphatic carbocycles. The molecule has 4 fully saturated rings. The van der Waals surface area contributed by atoms with E-state index in [9.17, 15) is 22.8 Å². The Morgan fingerprint density at radius 2 is 1.39 bits per heavy atom. The summed E-state index contributed by atoms with van der Waals surface area (Å²) >= 11 is 0. The quantitative estimate of drug-likeness (QED) is 0.760. The van der Waals surface area contributed by atoms with Gasteiger partial charge in [-0.2, -0.15) is 13.2 Å². The molecule has 0 aromatic rings. The van der Waals surface area contributed by atoms with E-state index in [0.717, 1.165) is 37.0 Å². The number of carbonyl (C=O) groups is 2. The van der Waals surface area contributed by atoms with Crippen LogP contribution >= 0.6 is 0 Å². The highest BCUT2D eigenvalue weighted by Gasteiger charge is 2.51. The van der Waals surface area contributed by atoms with Gasteiger partial charge in [-0.1, -0.05) is 0 Å². The third kappa shape index (κ3) is 3.80. The van der Waals surface area contributed by atoms with Crippen LogP contribution in [-0.4, -0.2) is 31.1 Å². The monoisotopic (exact) mass is 332 g/mol. The minimum Gasteiger partial charge on any atom is -0.354 e. The van der Waals surface area contributed by atoms with Crippen LogP contribution in [-0.2, 0) is 9.59 Å². The number of carbonyl (C=O) groups excluding carboxylic acids is 2. The Balaban J connectivity index is 1.41. The molecule has 0 spiro atoms. The molecule has 4 bridgehead atoms. The first-order chi connectivity index (χ1) is 10.8. The summed E-state index contributed by atoms with van der Waals surface area (Å²) in [5.41, 5.74) is 0.119. The van der Waals surface area contributed by atoms with Crippen molar-refractivity contribution in [2.24, 2.45) is 23.2 Å². The number of nitrogens with one attached hydrogen (secondary N) is 2. The van der Waals surface area contributed by atoms with Crippen molar-refractivity contribution in [1.29, 1.82) is 0 Å². The zero-order valence-electron chi connectivity index (χ0n) is 13.0. The van der Waals surface area contributed by atoms with Gasteiger partial charge in [-0.25, -0.2) is 0 Å². The summed E-state index contributed by atoms with van der Waals surface area (Å²) in [6.07, 6.45) is 2.90. The summed E-state index contributed by atoms with van der Waals surface area (Å²) in [7, 11) is 0. The van der Waals surface area contributed by atoms with Crippen LogP contribution in [0.3, 0.4) is 0 Å². The van der Waals surface area contributed by atoms with Crippen LogP contribution in [0.4, 0.5) is 13.2 Å². The lowest BCUT2D eigenvalue weighted by Gasteiger charge is -2.56. The molecule has 4 nitrogen and oxygen atoms in total. The second kappa shape index (κ2) is 5.98. The van der Waals surface area contributed by atoms with Gasteiger partial charge in [0.2, 0.25) is 5.91 Å². The molecular weight excluding hydrogens is 309 g/mol. The maximum Gasteiger partial charge on any atom is 0.471 e. The number of rotatable bonds is 5. The highest BCUT2D eigenvalue weighted by Crippen LogP contribution is 2.61. The Labute approximate surface area is 133 Å². The van der Waals surface area contributed by atoms with E-state index in [-0.39, 0.29) is 24.4 Å². The summed E-state index contributed by atoms with van der Waals surface area (Å²) in [5.74, 6) is 0.224. The predicted molar refractivity (Wildman–Crippen MR) is 77.3 cm³/mol. The summed E-state index contributed by atoms with van der Waals surface area (Å²) in [6.45, 7) is -0.169. The van der Waals surface area contributed by atoms with Gasteiger partial charge in [-0.3, -0.25) is 9.59 Å². The maximum absolute atomic E-state index is 12.1. The Hall–Kier alpha value is -1.27. The van der Waals surface area contributed by atoms with E-state index in [4.69, 9.17) is 0 Å². The normalized spacial score (nSPS) is 35.2. The molecule has 130 valence electrons. The molecule has 23 heavy (non-hydrogen) atoms. The molecule has 0 aromatic heterocycles. The van der Waals surface area contributed by atoms with E-state index in [1.165, 1.54) is 19.3 Å². The van der Waals surface area contributed by atoms with Crippen molar-refractivity contribution in [2.75, 3.05) is 13.1 Å². The first-order valence-electron chi connectivity index (χ1n) is 8.37. The first kappa shape index (κ1) is 16.6. The van der Waals surface area contributed by atoms with Crippen molar-refractivity contribution in [3.05, 3.63) is 0 Å². The molecule has 4 saturated carbocycles. The van der Waals surface area contributed by atoms with E-state index in [1.807, 2.05) is 0 Å². The number of hydrogen-bond acceptors (Lipinski definition) is 2. The van der Waals surface area contributed by atoms with Crippen molar-refractivity contribution in [3.8, 4) is 0 Å². The minimum absolute atomic E-state index is 0.0347. The number of amides is 2. The van der Waals surface area contributed by atoms with Gasteiger partial charge in [0, 0.05) is 19.5 Å². The molecule has 0 unspecified atom stereocenters. The largest absolute Gasteiger partial charge is 0.471 e. The van der Waals surface area contributed by atoms with E-state index < -0.39 is 12.1 Å². The van der Waals surface area contributed by atoms with Gasteiger partial charge < -0.3 is 10.6 Å². The van der Waals surface area contributed by atoms with Gasteiger partial charge in [0.05, 0.1) is 0 Å². The molecule has 7 heteroatoms. The Bertz CT molecular complexity index is 455. The SMILES string of the molecule is O=C(CC12CC3CC(CC(C3)C1)C2)NCCNC(=O)C(F)(F)F. The number of alkyl halides is 3. The highest BCUT2D eigenvalue weighted by molar-refractivity contribution is 5.81. The summed E-state index contributed by atoms with van der Waals surface area (Å²) in [6, 6.07) is 0. The molecule has 2 N–H and O–H groups in total. The van der Waals surface area contributed by atoms with Crippen LogP contribution in [0.1, 0.15) is 44.9 Å². The van der Waals surface area contributed by atoms with Gasteiger partial charge >= 0.3 is 12.1 Å². The van der Waals surface area contributed by atoms with E-state index in [0.29, 0.717) is 6.42 Å². The fourth-order valence-corrected chi connectivity index (χ4v) is 5.39. The summed E-state index contributed by atoms with van der Waals surface area (Å²) < 4.78 is 36.1. The van der Waals surface area contributed by atoms with Crippen molar-refractivity contribution >= 4 is 11.8 Å². The first-order valence-corrected chi connectivity index (χ1v) is 8.37. The topological polar surface area (TPSA) is 58.2 Å². The van der Waals surface area contributed by atoms with Gasteiger partial charge in [0.1, 0.15) is 0 Å². The van der Waals surface area contributed by atoms with Crippen LogP contribution in [0.2, 0.25) is 0 Å². The van der Waals surface area contributed by atoms with Crippen LogP contribution in [0.15, 0.2) is 0 Å². The third-order valence-electron chi connectivity index (χ3n) is 5.69. The second-order valence-electron chi connectivity index (χ2n) is 7.70. The Morgan fingerprint density at radius 1 is 0.913 bits per heavy atom. The Kier molecular flexibility index (Phi) is 4.31. The lowest BCUT2D eigenvalue weighted by Crippen LogP contribution is -2.48. The Morgan fingerprint density at radius 3 is 1.87 bits per heavy atom. The molecule has 0 aliphatic heterocycles. The van der Waals surface area contributed by atoms with Crippen molar-refractivity contribution < 1.29 is 22.8 Å². The predicted octanol–water partition coefficient (Wildman–Crippen LogP) is 2.39. The van der Waals surface area contributed by atoms with E-state index >= 15 is 0 Å². The third-order valence-corrected chi connectivity index (χ3v) is 5.69. The van der Waals surface area contributed by atoms with Crippen molar-refractivity contribution in [1.82, 2.24) is 10.6 Å².